The molecule has 90 valence electrons. The lowest BCUT2D eigenvalue weighted by molar-refractivity contribution is 0.549. The minimum atomic E-state index is 0.660. The predicted octanol–water partition coefficient (Wildman–Crippen LogP) is 2.35. The zero-order chi connectivity index (χ0) is 12.1. The SMILES string of the molecule is CC(C)CNCc1csc(-c2cnccn2)n1. The molecule has 17 heavy (non-hydrogen) atoms. The number of nitrogens with zero attached hydrogens (tertiary/aromatic N) is 3. The molecule has 0 aliphatic rings. The van der Waals surface area contributed by atoms with Crippen molar-refractivity contribution in [3.8, 4) is 10.7 Å². The molecule has 0 atom stereocenters. The van der Waals surface area contributed by atoms with E-state index in [-0.39, 0.29) is 0 Å². The van der Waals surface area contributed by atoms with Gasteiger partial charge in [-0.2, -0.15) is 0 Å². The first-order valence-corrected chi connectivity index (χ1v) is 6.55. The van der Waals surface area contributed by atoms with Gasteiger partial charge in [-0.25, -0.2) is 4.98 Å². The second-order valence-corrected chi connectivity index (χ2v) is 5.12. The molecule has 0 radical (unpaired) electrons. The van der Waals surface area contributed by atoms with E-state index in [1.807, 2.05) is 0 Å². The maximum absolute atomic E-state index is 4.53. The van der Waals surface area contributed by atoms with Crippen LogP contribution in [-0.2, 0) is 6.54 Å². The lowest BCUT2D eigenvalue weighted by atomic mass is 10.2. The fraction of sp³-hybridized carbons (Fsp3) is 0.417. The van der Waals surface area contributed by atoms with E-state index in [4.69, 9.17) is 0 Å². The molecule has 1 N–H and O–H groups in total. The van der Waals surface area contributed by atoms with Crippen molar-refractivity contribution in [2.24, 2.45) is 5.92 Å². The van der Waals surface area contributed by atoms with Crippen LogP contribution in [0.5, 0.6) is 0 Å². The van der Waals surface area contributed by atoms with E-state index in [1.165, 1.54) is 0 Å². The topological polar surface area (TPSA) is 50.7 Å². The standard InChI is InChI=1S/C12H16N4S/c1-9(2)5-14-6-10-8-17-12(16-10)11-7-13-3-4-15-11/h3-4,7-9,14H,5-6H2,1-2H3. The maximum Gasteiger partial charge on any atom is 0.143 e. The Labute approximate surface area is 105 Å². The summed E-state index contributed by atoms with van der Waals surface area (Å²) >= 11 is 1.61. The molecule has 0 aromatic carbocycles. The van der Waals surface area contributed by atoms with Crippen LogP contribution < -0.4 is 5.32 Å². The van der Waals surface area contributed by atoms with Crippen LogP contribution in [0.1, 0.15) is 19.5 Å². The van der Waals surface area contributed by atoms with Gasteiger partial charge in [-0.3, -0.25) is 9.97 Å². The molecule has 2 aromatic rings. The monoisotopic (exact) mass is 248 g/mol. The molecule has 0 fully saturated rings. The molecular weight excluding hydrogens is 232 g/mol. The summed E-state index contributed by atoms with van der Waals surface area (Å²) in [7, 11) is 0. The Kier molecular flexibility index (Phi) is 4.17. The second kappa shape index (κ2) is 5.84. The maximum atomic E-state index is 4.53. The highest BCUT2D eigenvalue weighted by molar-refractivity contribution is 7.13. The van der Waals surface area contributed by atoms with Crippen molar-refractivity contribution < 1.29 is 0 Å². The summed E-state index contributed by atoms with van der Waals surface area (Å²) in [6.07, 6.45) is 5.10. The molecule has 2 heterocycles. The first kappa shape index (κ1) is 12.1. The van der Waals surface area contributed by atoms with E-state index in [2.05, 4.69) is 39.5 Å². The van der Waals surface area contributed by atoms with Crippen molar-refractivity contribution in [1.29, 1.82) is 0 Å². The van der Waals surface area contributed by atoms with E-state index in [1.54, 1.807) is 29.9 Å². The average Bonchev–Trinajstić information content (AvgIpc) is 2.78. The Morgan fingerprint density at radius 1 is 1.35 bits per heavy atom. The molecule has 0 saturated heterocycles. The second-order valence-electron chi connectivity index (χ2n) is 4.26. The van der Waals surface area contributed by atoms with Crippen LogP contribution in [0.2, 0.25) is 0 Å². The smallest absolute Gasteiger partial charge is 0.143 e. The van der Waals surface area contributed by atoms with Gasteiger partial charge in [-0.15, -0.1) is 11.3 Å². The first-order chi connectivity index (χ1) is 8.25. The molecule has 4 nitrogen and oxygen atoms in total. The van der Waals surface area contributed by atoms with Gasteiger partial charge in [0.1, 0.15) is 10.7 Å². The van der Waals surface area contributed by atoms with Crippen LogP contribution in [0.15, 0.2) is 24.0 Å². The zero-order valence-corrected chi connectivity index (χ0v) is 10.9. The van der Waals surface area contributed by atoms with Gasteiger partial charge in [-0.05, 0) is 12.5 Å². The van der Waals surface area contributed by atoms with E-state index in [9.17, 15) is 0 Å². The van der Waals surface area contributed by atoms with E-state index in [0.29, 0.717) is 5.92 Å². The minimum Gasteiger partial charge on any atom is -0.311 e. The third-order valence-corrected chi connectivity index (χ3v) is 3.11. The Hall–Kier alpha value is -1.33. The average molecular weight is 248 g/mol. The molecule has 2 rings (SSSR count). The molecule has 5 heteroatoms. The van der Waals surface area contributed by atoms with Crippen LogP contribution in [-0.4, -0.2) is 21.5 Å². The van der Waals surface area contributed by atoms with Crippen molar-refractivity contribution in [2.75, 3.05) is 6.54 Å². The number of thiazole rings is 1. The van der Waals surface area contributed by atoms with Gasteiger partial charge in [0.2, 0.25) is 0 Å². The summed E-state index contributed by atoms with van der Waals surface area (Å²) in [5.41, 5.74) is 1.91. The summed E-state index contributed by atoms with van der Waals surface area (Å²) in [6.45, 7) is 6.21. The third kappa shape index (κ3) is 3.57. The van der Waals surface area contributed by atoms with Crippen LogP contribution >= 0.6 is 11.3 Å². The summed E-state index contributed by atoms with van der Waals surface area (Å²) in [4.78, 5) is 12.8. The number of rotatable bonds is 5. The highest BCUT2D eigenvalue weighted by Crippen LogP contribution is 2.20. The van der Waals surface area contributed by atoms with Crippen LogP contribution in [0.25, 0.3) is 10.7 Å². The number of hydrogen-bond acceptors (Lipinski definition) is 5. The quantitative estimate of drug-likeness (QED) is 0.882. The minimum absolute atomic E-state index is 0.660. The number of nitrogens with one attached hydrogen (secondary N) is 1. The first-order valence-electron chi connectivity index (χ1n) is 5.67. The fourth-order valence-corrected chi connectivity index (χ4v) is 2.18. The predicted molar refractivity (Wildman–Crippen MR) is 69.7 cm³/mol. The van der Waals surface area contributed by atoms with Gasteiger partial charge < -0.3 is 5.32 Å². The lowest BCUT2D eigenvalue weighted by Gasteiger charge is -2.04. The van der Waals surface area contributed by atoms with E-state index < -0.39 is 0 Å². The Bertz CT molecular complexity index is 453. The van der Waals surface area contributed by atoms with Gasteiger partial charge in [0.05, 0.1) is 11.9 Å². The molecule has 0 aliphatic carbocycles. The Balaban J connectivity index is 1.97. The molecule has 0 unspecified atom stereocenters. The van der Waals surface area contributed by atoms with E-state index >= 15 is 0 Å². The highest BCUT2D eigenvalue weighted by atomic mass is 32.1. The molecule has 0 aliphatic heterocycles. The van der Waals surface area contributed by atoms with Gasteiger partial charge in [0.25, 0.3) is 0 Å². The van der Waals surface area contributed by atoms with Crippen molar-refractivity contribution in [2.45, 2.75) is 20.4 Å². The van der Waals surface area contributed by atoms with Crippen molar-refractivity contribution in [1.82, 2.24) is 20.3 Å². The van der Waals surface area contributed by atoms with E-state index in [0.717, 1.165) is 29.5 Å². The fourth-order valence-electron chi connectivity index (χ4n) is 1.40. The Morgan fingerprint density at radius 2 is 2.24 bits per heavy atom. The van der Waals surface area contributed by atoms with Crippen LogP contribution in [0, 0.1) is 5.92 Å². The van der Waals surface area contributed by atoms with Gasteiger partial charge in [0, 0.05) is 24.3 Å². The molecule has 0 amide bonds. The summed E-state index contributed by atoms with van der Waals surface area (Å²) in [6, 6.07) is 0. The summed E-state index contributed by atoms with van der Waals surface area (Å²) in [5.74, 6) is 0.660. The lowest BCUT2D eigenvalue weighted by Crippen LogP contribution is -2.19. The van der Waals surface area contributed by atoms with Crippen molar-refractivity contribution in [3.63, 3.8) is 0 Å². The van der Waals surface area contributed by atoms with Gasteiger partial charge >= 0.3 is 0 Å². The third-order valence-electron chi connectivity index (χ3n) is 2.19. The summed E-state index contributed by atoms with van der Waals surface area (Å²) in [5, 5.41) is 6.37. The summed E-state index contributed by atoms with van der Waals surface area (Å²) < 4.78 is 0. The molecule has 0 bridgehead atoms. The van der Waals surface area contributed by atoms with Crippen LogP contribution in [0.3, 0.4) is 0 Å². The molecular formula is C12H16N4S. The van der Waals surface area contributed by atoms with Crippen molar-refractivity contribution >= 4 is 11.3 Å². The zero-order valence-electron chi connectivity index (χ0n) is 10.1. The van der Waals surface area contributed by atoms with Crippen molar-refractivity contribution in [3.05, 3.63) is 29.7 Å². The largest absolute Gasteiger partial charge is 0.311 e. The molecule has 0 spiro atoms. The van der Waals surface area contributed by atoms with Crippen LogP contribution in [0.4, 0.5) is 0 Å². The normalized spacial score (nSPS) is 11.0. The number of aromatic nitrogens is 3. The highest BCUT2D eigenvalue weighted by Gasteiger charge is 2.05. The molecule has 2 aromatic heterocycles. The Morgan fingerprint density at radius 3 is 2.94 bits per heavy atom. The number of hydrogen-bond donors (Lipinski definition) is 1. The molecule has 0 saturated carbocycles. The van der Waals surface area contributed by atoms with Gasteiger partial charge in [-0.1, -0.05) is 13.8 Å². The van der Waals surface area contributed by atoms with Gasteiger partial charge in [0.15, 0.2) is 0 Å².